The summed E-state index contributed by atoms with van der Waals surface area (Å²) < 4.78 is 10.5. The smallest absolute Gasteiger partial charge is 0.408 e. The number of rotatable bonds is 9. The van der Waals surface area contributed by atoms with Gasteiger partial charge in [0.1, 0.15) is 23.4 Å². The van der Waals surface area contributed by atoms with Gasteiger partial charge in [-0.15, -0.1) is 6.58 Å². The minimum Gasteiger partial charge on any atom is -0.497 e. The van der Waals surface area contributed by atoms with Gasteiger partial charge in [-0.05, 0) is 82.5 Å². The summed E-state index contributed by atoms with van der Waals surface area (Å²) in [6, 6.07) is 10.7. The van der Waals surface area contributed by atoms with Crippen molar-refractivity contribution in [2.75, 3.05) is 19.0 Å². The highest BCUT2D eigenvalue weighted by molar-refractivity contribution is 5.99. The molecule has 36 heavy (non-hydrogen) atoms. The number of carbonyl (C=O) groups is 3. The summed E-state index contributed by atoms with van der Waals surface area (Å²) in [5, 5.41) is 5.50. The van der Waals surface area contributed by atoms with Crippen LogP contribution in [0.15, 0.2) is 55.1 Å². The number of hydrogen-bond donors (Lipinski definition) is 2. The Labute approximate surface area is 213 Å². The molecule has 2 atom stereocenters. The molecule has 2 N–H and O–H groups in total. The molecule has 2 rings (SSSR count). The number of alkyl carbamates (subject to hydrolysis) is 1. The van der Waals surface area contributed by atoms with Gasteiger partial charge in [-0.1, -0.05) is 24.3 Å². The van der Waals surface area contributed by atoms with Gasteiger partial charge in [0.15, 0.2) is 0 Å². The van der Waals surface area contributed by atoms with Crippen LogP contribution in [0.1, 0.15) is 50.4 Å². The van der Waals surface area contributed by atoms with Crippen LogP contribution in [0.3, 0.4) is 0 Å². The number of amides is 3. The highest BCUT2D eigenvalue weighted by Gasteiger charge is 2.35. The Morgan fingerprint density at radius 3 is 2.14 bits per heavy atom. The summed E-state index contributed by atoms with van der Waals surface area (Å²) in [5.41, 5.74) is 2.28. The minimum atomic E-state index is -0.971. The fourth-order valence-electron chi connectivity index (χ4n) is 3.83. The van der Waals surface area contributed by atoms with Crippen molar-refractivity contribution >= 4 is 23.6 Å². The SMILES string of the molecule is C=CCN(C(=O)C(C)NC(=O)OC(C)(C)C)C(C(=O)Nc1ccc(OC)cc1)c1c(C)cccc1C. The van der Waals surface area contributed by atoms with E-state index in [9.17, 15) is 14.4 Å². The molecule has 0 aliphatic heterocycles. The average Bonchev–Trinajstić information content (AvgIpc) is 2.79. The summed E-state index contributed by atoms with van der Waals surface area (Å²) >= 11 is 0. The number of methoxy groups -OCH3 is 1. The van der Waals surface area contributed by atoms with E-state index in [1.54, 1.807) is 65.1 Å². The topological polar surface area (TPSA) is 97.0 Å². The van der Waals surface area contributed by atoms with Gasteiger partial charge in [0.05, 0.1) is 7.11 Å². The summed E-state index contributed by atoms with van der Waals surface area (Å²) in [7, 11) is 1.57. The van der Waals surface area contributed by atoms with E-state index in [2.05, 4.69) is 17.2 Å². The quantitative estimate of drug-likeness (QED) is 0.482. The van der Waals surface area contributed by atoms with Crippen molar-refractivity contribution in [1.82, 2.24) is 10.2 Å². The Morgan fingerprint density at radius 2 is 1.64 bits per heavy atom. The van der Waals surface area contributed by atoms with Crippen LogP contribution in [0.5, 0.6) is 5.75 Å². The summed E-state index contributed by atoms with van der Waals surface area (Å²) in [6.07, 6.45) is 0.840. The second-order valence-corrected chi connectivity index (χ2v) is 9.57. The molecule has 2 aromatic rings. The first kappa shape index (κ1) is 28.4. The lowest BCUT2D eigenvalue weighted by Gasteiger charge is -2.34. The van der Waals surface area contributed by atoms with E-state index >= 15 is 0 Å². The van der Waals surface area contributed by atoms with Crippen LogP contribution in [-0.4, -0.2) is 48.1 Å². The molecule has 0 radical (unpaired) electrons. The number of ether oxygens (including phenoxy) is 2. The third-order valence-corrected chi connectivity index (χ3v) is 5.45. The van der Waals surface area contributed by atoms with Crippen molar-refractivity contribution in [3.63, 3.8) is 0 Å². The maximum Gasteiger partial charge on any atom is 0.408 e. The van der Waals surface area contributed by atoms with Crippen molar-refractivity contribution in [2.45, 2.75) is 59.2 Å². The van der Waals surface area contributed by atoms with E-state index in [-0.39, 0.29) is 6.54 Å². The number of nitrogens with zero attached hydrogens (tertiary/aromatic N) is 1. The van der Waals surface area contributed by atoms with E-state index in [0.29, 0.717) is 17.0 Å². The molecule has 8 heteroatoms. The van der Waals surface area contributed by atoms with Gasteiger partial charge in [-0.3, -0.25) is 9.59 Å². The monoisotopic (exact) mass is 495 g/mol. The number of aryl methyl sites for hydroxylation is 2. The van der Waals surface area contributed by atoms with Crippen LogP contribution < -0.4 is 15.4 Å². The normalized spacial score (nSPS) is 12.6. The summed E-state index contributed by atoms with van der Waals surface area (Å²) in [4.78, 5) is 41.1. The molecule has 0 aliphatic rings. The predicted octanol–water partition coefficient (Wildman–Crippen LogP) is 4.92. The molecule has 0 fully saturated rings. The van der Waals surface area contributed by atoms with Gasteiger partial charge in [-0.2, -0.15) is 0 Å². The predicted molar refractivity (Wildman–Crippen MR) is 141 cm³/mol. The second-order valence-electron chi connectivity index (χ2n) is 9.57. The van der Waals surface area contributed by atoms with Crippen LogP contribution >= 0.6 is 0 Å². The van der Waals surface area contributed by atoms with Crippen LogP contribution in [0, 0.1) is 13.8 Å². The Hall–Kier alpha value is -3.81. The van der Waals surface area contributed by atoms with Crippen molar-refractivity contribution in [2.24, 2.45) is 0 Å². The third kappa shape index (κ3) is 7.60. The molecule has 2 unspecified atom stereocenters. The molecule has 0 bridgehead atoms. The van der Waals surface area contributed by atoms with E-state index in [1.807, 2.05) is 32.0 Å². The molecule has 0 saturated heterocycles. The number of benzene rings is 2. The van der Waals surface area contributed by atoms with Gasteiger partial charge in [0, 0.05) is 12.2 Å². The van der Waals surface area contributed by atoms with E-state index in [0.717, 1.165) is 11.1 Å². The van der Waals surface area contributed by atoms with Gasteiger partial charge in [-0.25, -0.2) is 4.79 Å². The number of anilines is 1. The highest BCUT2D eigenvalue weighted by Crippen LogP contribution is 2.30. The fraction of sp³-hybridized carbons (Fsp3) is 0.393. The lowest BCUT2D eigenvalue weighted by atomic mass is 9.93. The van der Waals surface area contributed by atoms with Crippen molar-refractivity contribution in [3.05, 3.63) is 71.8 Å². The van der Waals surface area contributed by atoms with Gasteiger partial charge in [0.2, 0.25) is 5.91 Å². The molecule has 3 amide bonds. The second kappa shape index (κ2) is 12.2. The zero-order valence-electron chi connectivity index (χ0n) is 22.2. The molecule has 0 aromatic heterocycles. The molecule has 0 heterocycles. The van der Waals surface area contributed by atoms with Crippen molar-refractivity contribution < 1.29 is 23.9 Å². The Bertz CT molecular complexity index is 1070. The van der Waals surface area contributed by atoms with Crippen LogP contribution in [0.25, 0.3) is 0 Å². The third-order valence-electron chi connectivity index (χ3n) is 5.45. The molecular formula is C28H37N3O5. The van der Waals surface area contributed by atoms with E-state index in [4.69, 9.17) is 9.47 Å². The Morgan fingerprint density at radius 1 is 1.06 bits per heavy atom. The summed E-state index contributed by atoms with van der Waals surface area (Å²) in [5.74, 6) is -0.180. The van der Waals surface area contributed by atoms with Crippen LogP contribution in [0.2, 0.25) is 0 Å². The number of hydrogen-bond acceptors (Lipinski definition) is 5. The Balaban J connectivity index is 2.46. The maximum atomic E-state index is 13.7. The molecule has 0 spiro atoms. The van der Waals surface area contributed by atoms with E-state index in [1.165, 1.54) is 4.90 Å². The number of carbonyl (C=O) groups excluding carboxylic acids is 3. The minimum absolute atomic E-state index is 0.0909. The van der Waals surface area contributed by atoms with Gasteiger partial charge < -0.3 is 25.0 Å². The average molecular weight is 496 g/mol. The zero-order chi connectivity index (χ0) is 27.0. The first-order valence-electron chi connectivity index (χ1n) is 11.8. The van der Waals surface area contributed by atoms with Gasteiger partial charge >= 0.3 is 6.09 Å². The molecule has 8 nitrogen and oxygen atoms in total. The van der Waals surface area contributed by atoms with Crippen LogP contribution in [0.4, 0.5) is 10.5 Å². The zero-order valence-corrected chi connectivity index (χ0v) is 22.2. The number of nitrogens with one attached hydrogen (secondary N) is 2. The van der Waals surface area contributed by atoms with Crippen LogP contribution in [-0.2, 0) is 14.3 Å². The summed E-state index contributed by atoms with van der Waals surface area (Å²) in [6.45, 7) is 14.4. The van der Waals surface area contributed by atoms with Gasteiger partial charge in [0.25, 0.3) is 5.91 Å². The first-order valence-corrected chi connectivity index (χ1v) is 11.8. The maximum absolute atomic E-state index is 13.7. The highest BCUT2D eigenvalue weighted by atomic mass is 16.6. The molecule has 0 saturated carbocycles. The fourth-order valence-corrected chi connectivity index (χ4v) is 3.83. The lowest BCUT2D eigenvalue weighted by Crippen LogP contribution is -2.51. The van der Waals surface area contributed by atoms with Crippen molar-refractivity contribution in [1.29, 1.82) is 0 Å². The lowest BCUT2D eigenvalue weighted by molar-refractivity contribution is -0.139. The molecule has 0 aliphatic carbocycles. The first-order chi connectivity index (χ1) is 16.9. The molecule has 2 aromatic carbocycles. The molecular weight excluding hydrogens is 458 g/mol. The standard InChI is InChI=1S/C28H37N3O5/c1-9-17-31(26(33)20(4)29-27(34)36-28(5,6)7)24(23-18(2)11-10-12-19(23)3)25(32)30-21-13-15-22(35-8)16-14-21/h9-16,20,24H,1,17H2,2-8H3,(H,29,34)(H,30,32). The largest absolute Gasteiger partial charge is 0.497 e. The Kier molecular flexibility index (Phi) is 9.67. The van der Waals surface area contributed by atoms with Crippen molar-refractivity contribution in [3.8, 4) is 5.75 Å². The molecule has 194 valence electrons. The van der Waals surface area contributed by atoms with E-state index < -0.39 is 35.6 Å².